The van der Waals surface area contributed by atoms with Crippen molar-refractivity contribution in [1.82, 2.24) is 5.43 Å². The first-order valence-electron chi connectivity index (χ1n) is 6.18. The summed E-state index contributed by atoms with van der Waals surface area (Å²) in [7, 11) is 1.59. The maximum Gasteiger partial charge on any atom is 0.137 e. The molecule has 1 unspecified atom stereocenters. The summed E-state index contributed by atoms with van der Waals surface area (Å²) >= 11 is 12.2. The summed E-state index contributed by atoms with van der Waals surface area (Å²) in [5.41, 5.74) is 4.84. The van der Waals surface area contributed by atoms with Crippen molar-refractivity contribution in [2.45, 2.75) is 12.5 Å². The fourth-order valence-corrected chi connectivity index (χ4v) is 2.46. The minimum Gasteiger partial charge on any atom is -0.495 e. The summed E-state index contributed by atoms with van der Waals surface area (Å²) in [6.07, 6.45) is 0.682. The molecule has 106 valence electrons. The number of nitrogens with one attached hydrogen (secondary N) is 1. The van der Waals surface area contributed by atoms with Gasteiger partial charge in [-0.05, 0) is 35.7 Å². The highest BCUT2D eigenvalue weighted by Gasteiger charge is 2.14. The van der Waals surface area contributed by atoms with Crippen molar-refractivity contribution in [1.29, 1.82) is 0 Å². The molecular weight excluding hydrogens is 295 g/mol. The van der Waals surface area contributed by atoms with E-state index in [1.165, 1.54) is 0 Å². The Morgan fingerprint density at radius 1 is 1.15 bits per heavy atom. The molecule has 0 saturated carbocycles. The zero-order valence-electron chi connectivity index (χ0n) is 11.1. The van der Waals surface area contributed by atoms with Gasteiger partial charge in [0.2, 0.25) is 0 Å². The lowest BCUT2D eigenvalue weighted by atomic mass is 9.99. The van der Waals surface area contributed by atoms with Gasteiger partial charge < -0.3 is 4.74 Å². The number of methoxy groups -OCH3 is 1. The molecule has 0 saturated heterocycles. The Kier molecular flexibility index (Phi) is 5.26. The highest BCUT2D eigenvalue weighted by Crippen LogP contribution is 2.29. The number of rotatable bonds is 5. The number of hydrogen-bond donors (Lipinski definition) is 2. The minimum absolute atomic E-state index is 0.0685. The lowest BCUT2D eigenvalue weighted by molar-refractivity contribution is 0.413. The third-order valence-electron chi connectivity index (χ3n) is 3.16. The van der Waals surface area contributed by atoms with E-state index in [2.05, 4.69) is 5.43 Å². The molecule has 0 aromatic heterocycles. The van der Waals surface area contributed by atoms with E-state index in [1.54, 1.807) is 13.2 Å². The van der Waals surface area contributed by atoms with Crippen LogP contribution in [0.1, 0.15) is 17.2 Å². The van der Waals surface area contributed by atoms with Crippen LogP contribution in [0.15, 0.2) is 42.5 Å². The smallest absolute Gasteiger partial charge is 0.137 e. The average Bonchev–Trinajstić information content (AvgIpc) is 2.47. The molecule has 0 fully saturated rings. The summed E-state index contributed by atoms with van der Waals surface area (Å²) in [5.74, 6) is 6.29. The molecule has 0 aliphatic heterocycles. The van der Waals surface area contributed by atoms with E-state index < -0.39 is 0 Å². The van der Waals surface area contributed by atoms with Crippen molar-refractivity contribution >= 4 is 23.2 Å². The van der Waals surface area contributed by atoms with Crippen LogP contribution in [0, 0.1) is 0 Å². The first kappa shape index (κ1) is 15.1. The maximum atomic E-state index is 6.18. The van der Waals surface area contributed by atoms with E-state index in [1.807, 2.05) is 36.4 Å². The number of halogens is 2. The van der Waals surface area contributed by atoms with Crippen LogP contribution in [-0.2, 0) is 6.42 Å². The summed E-state index contributed by atoms with van der Waals surface area (Å²) in [6, 6.07) is 13.2. The Morgan fingerprint density at radius 3 is 2.55 bits per heavy atom. The van der Waals surface area contributed by atoms with Crippen LogP contribution in [0.3, 0.4) is 0 Å². The van der Waals surface area contributed by atoms with Crippen LogP contribution in [0.25, 0.3) is 0 Å². The van der Waals surface area contributed by atoms with Gasteiger partial charge in [0, 0.05) is 5.02 Å². The summed E-state index contributed by atoms with van der Waals surface area (Å²) in [5, 5.41) is 1.30. The van der Waals surface area contributed by atoms with Crippen LogP contribution >= 0.6 is 23.2 Å². The summed E-state index contributed by atoms with van der Waals surface area (Å²) in [4.78, 5) is 0. The first-order chi connectivity index (χ1) is 9.65. The van der Waals surface area contributed by atoms with Gasteiger partial charge in [-0.25, -0.2) is 0 Å². The van der Waals surface area contributed by atoms with Gasteiger partial charge >= 0.3 is 0 Å². The fourth-order valence-electron chi connectivity index (χ4n) is 2.05. The summed E-state index contributed by atoms with van der Waals surface area (Å²) in [6.45, 7) is 0. The first-order valence-corrected chi connectivity index (χ1v) is 6.94. The SMILES string of the molecule is COc1cc(C(Cc2ccccc2Cl)NN)ccc1Cl. The number of ether oxygens (including phenoxy) is 1. The second-order valence-corrected chi connectivity index (χ2v) is 5.22. The molecule has 3 N–H and O–H groups in total. The Bertz CT molecular complexity index is 590. The topological polar surface area (TPSA) is 47.3 Å². The van der Waals surface area contributed by atoms with Gasteiger partial charge in [-0.3, -0.25) is 11.3 Å². The number of nitrogens with two attached hydrogens (primary N) is 1. The van der Waals surface area contributed by atoms with Crippen molar-refractivity contribution in [3.63, 3.8) is 0 Å². The van der Waals surface area contributed by atoms with Crippen molar-refractivity contribution in [2.24, 2.45) is 5.84 Å². The van der Waals surface area contributed by atoms with Gasteiger partial charge in [0.05, 0.1) is 18.2 Å². The van der Waals surface area contributed by atoms with Crippen molar-refractivity contribution in [3.8, 4) is 5.75 Å². The third kappa shape index (κ3) is 3.44. The van der Waals surface area contributed by atoms with Crippen molar-refractivity contribution in [3.05, 3.63) is 63.6 Å². The summed E-state index contributed by atoms with van der Waals surface area (Å²) < 4.78 is 5.23. The molecular formula is C15H16Cl2N2O. The zero-order valence-corrected chi connectivity index (χ0v) is 12.6. The Hall–Kier alpha value is -1.26. The predicted molar refractivity (Wildman–Crippen MR) is 83.2 cm³/mol. The van der Waals surface area contributed by atoms with Crippen LogP contribution in [0.4, 0.5) is 0 Å². The van der Waals surface area contributed by atoms with Crippen molar-refractivity contribution in [2.75, 3.05) is 7.11 Å². The van der Waals surface area contributed by atoms with Crippen LogP contribution < -0.4 is 16.0 Å². The Morgan fingerprint density at radius 2 is 1.90 bits per heavy atom. The highest BCUT2D eigenvalue weighted by molar-refractivity contribution is 6.32. The molecule has 1 atom stereocenters. The standard InChI is InChI=1S/C15H16Cl2N2O/c1-20-15-9-11(6-7-13(15)17)14(19-18)8-10-4-2-3-5-12(10)16/h2-7,9,14,19H,8,18H2,1H3. The Labute approximate surface area is 128 Å². The molecule has 2 rings (SSSR count). The van der Waals surface area contributed by atoms with Gasteiger partial charge in [0.1, 0.15) is 5.75 Å². The van der Waals surface area contributed by atoms with Gasteiger partial charge in [0.25, 0.3) is 0 Å². The van der Waals surface area contributed by atoms with Crippen LogP contribution in [0.5, 0.6) is 5.75 Å². The molecule has 3 nitrogen and oxygen atoms in total. The molecule has 20 heavy (non-hydrogen) atoms. The molecule has 0 radical (unpaired) electrons. The normalized spacial score (nSPS) is 12.2. The molecule has 0 aliphatic carbocycles. The molecule has 0 aliphatic rings. The Balaban J connectivity index is 2.26. The van der Waals surface area contributed by atoms with E-state index >= 15 is 0 Å². The lowest BCUT2D eigenvalue weighted by Crippen LogP contribution is -2.29. The average molecular weight is 311 g/mol. The third-order valence-corrected chi connectivity index (χ3v) is 3.84. The zero-order chi connectivity index (χ0) is 14.5. The van der Waals surface area contributed by atoms with Gasteiger partial charge in [0.15, 0.2) is 0 Å². The number of hydrogen-bond acceptors (Lipinski definition) is 3. The van der Waals surface area contributed by atoms with Crippen LogP contribution in [-0.4, -0.2) is 7.11 Å². The van der Waals surface area contributed by atoms with Gasteiger partial charge in [-0.2, -0.15) is 0 Å². The van der Waals surface area contributed by atoms with Crippen LogP contribution in [0.2, 0.25) is 10.0 Å². The maximum absolute atomic E-state index is 6.18. The second kappa shape index (κ2) is 6.95. The van der Waals surface area contributed by atoms with Crippen molar-refractivity contribution < 1.29 is 4.74 Å². The van der Waals surface area contributed by atoms with E-state index in [9.17, 15) is 0 Å². The largest absolute Gasteiger partial charge is 0.495 e. The van der Waals surface area contributed by atoms with E-state index in [0.29, 0.717) is 17.2 Å². The van der Waals surface area contributed by atoms with E-state index in [4.69, 9.17) is 33.8 Å². The molecule has 0 bridgehead atoms. The molecule has 0 heterocycles. The quantitative estimate of drug-likeness (QED) is 0.653. The number of benzene rings is 2. The van der Waals surface area contributed by atoms with Gasteiger partial charge in [-0.15, -0.1) is 0 Å². The number of hydrazine groups is 1. The minimum atomic E-state index is -0.0685. The predicted octanol–water partition coefficient (Wildman–Crippen LogP) is 3.75. The monoisotopic (exact) mass is 310 g/mol. The molecule has 2 aromatic carbocycles. The molecule has 0 spiro atoms. The highest BCUT2D eigenvalue weighted by atomic mass is 35.5. The molecule has 2 aromatic rings. The second-order valence-electron chi connectivity index (χ2n) is 4.41. The van der Waals surface area contributed by atoms with E-state index in [-0.39, 0.29) is 6.04 Å². The molecule has 0 amide bonds. The van der Waals surface area contributed by atoms with Gasteiger partial charge in [-0.1, -0.05) is 47.5 Å². The fraction of sp³-hybridized carbons (Fsp3) is 0.200. The van der Waals surface area contributed by atoms with E-state index in [0.717, 1.165) is 16.1 Å². The molecule has 5 heteroatoms. The lowest BCUT2D eigenvalue weighted by Gasteiger charge is -2.18.